The Bertz CT molecular complexity index is 560. The summed E-state index contributed by atoms with van der Waals surface area (Å²) in [6, 6.07) is 7.14. The number of benzene rings is 1. The van der Waals surface area contributed by atoms with Crippen LogP contribution in [0.4, 0.5) is 5.69 Å². The predicted molar refractivity (Wildman–Crippen MR) is 74.8 cm³/mol. The molecule has 4 nitrogen and oxygen atoms in total. The minimum absolute atomic E-state index is 0.300. The van der Waals surface area contributed by atoms with Crippen molar-refractivity contribution in [3.63, 3.8) is 0 Å². The summed E-state index contributed by atoms with van der Waals surface area (Å²) in [5.74, 6) is 0.961. The Morgan fingerprint density at radius 3 is 2.94 bits per heavy atom. The van der Waals surface area contributed by atoms with Crippen LogP contribution < -0.4 is 10.6 Å². The maximum Gasteiger partial charge on any atom is 0.104 e. The molecule has 1 aliphatic rings. The van der Waals surface area contributed by atoms with Gasteiger partial charge in [0.2, 0.25) is 0 Å². The zero-order valence-electron chi connectivity index (χ0n) is 11.0. The number of nitrogens with zero attached hydrogens (tertiary/aromatic N) is 2. The van der Waals surface area contributed by atoms with E-state index in [0.29, 0.717) is 12.1 Å². The number of nitrogens with one attached hydrogen (secondary N) is 1. The number of imidazole rings is 1. The normalized spacial score (nSPS) is 23.7. The summed E-state index contributed by atoms with van der Waals surface area (Å²) in [4.78, 5) is 10.0. The van der Waals surface area contributed by atoms with E-state index < -0.39 is 0 Å². The van der Waals surface area contributed by atoms with Crippen LogP contribution in [-0.2, 0) is 0 Å². The second-order valence-electron chi connectivity index (χ2n) is 5.30. The molecule has 1 aliphatic carbocycles. The van der Waals surface area contributed by atoms with Gasteiger partial charge in [-0.05, 0) is 44.4 Å². The summed E-state index contributed by atoms with van der Waals surface area (Å²) in [6.45, 7) is 1.98. The number of rotatable bonds is 2. The summed E-state index contributed by atoms with van der Waals surface area (Å²) in [6.07, 6.45) is 3.57. The number of aryl methyl sites for hydroxylation is 1. The lowest BCUT2D eigenvalue weighted by Gasteiger charge is -2.29. The number of fused-ring (bicyclic) bond motifs is 1. The minimum Gasteiger partial charge on any atom is -0.370 e. The highest BCUT2D eigenvalue weighted by atomic mass is 15.2. The second-order valence-corrected chi connectivity index (χ2v) is 5.30. The number of hydrogen-bond acceptors (Lipinski definition) is 3. The highest BCUT2D eigenvalue weighted by molar-refractivity contribution is 5.79. The van der Waals surface area contributed by atoms with Crippen LogP contribution >= 0.6 is 0 Å². The molecule has 0 saturated heterocycles. The number of hydrogen-bond donors (Lipinski definition) is 2. The van der Waals surface area contributed by atoms with Crippen molar-refractivity contribution in [3.05, 3.63) is 24.0 Å². The lowest BCUT2D eigenvalue weighted by molar-refractivity contribution is 0.573. The molecule has 0 spiro atoms. The first-order valence-corrected chi connectivity index (χ1v) is 6.60. The summed E-state index contributed by atoms with van der Waals surface area (Å²) in [5, 5.41) is 0. The molecule has 1 aromatic carbocycles. The molecule has 0 bridgehead atoms. The van der Waals surface area contributed by atoms with Crippen molar-refractivity contribution in [2.75, 3.05) is 11.9 Å². The van der Waals surface area contributed by atoms with Crippen LogP contribution in [0.1, 0.15) is 25.1 Å². The fourth-order valence-corrected chi connectivity index (χ4v) is 2.99. The minimum atomic E-state index is 0.300. The quantitative estimate of drug-likeness (QED) is 0.851. The molecule has 2 unspecified atom stereocenters. The molecule has 0 radical (unpaired) electrons. The van der Waals surface area contributed by atoms with Gasteiger partial charge in [0.15, 0.2) is 0 Å². The van der Waals surface area contributed by atoms with Crippen molar-refractivity contribution in [3.8, 4) is 0 Å². The molecule has 0 aliphatic heterocycles. The van der Waals surface area contributed by atoms with E-state index in [9.17, 15) is 0 Å². The van der Waals surface area contributed by atoms with Crippen LogP contribution in [0.5, 0.6) is 0 Å². The van der Waals surface area contributed by atoms with E-state index in [1.54, 1.807) is 0 Å². The first-order chi connectivity index (χ1) is 8.65. The van der Waals surface area contributed by atoms with E-state index in [1.807, 2.05) is 6.92 Å². The first-order valence-electron chi connectivity index (χ1n) is 6.60. The van der Waals surface area contributed by atoms with Gasteiger partial charge in [0, 0.05) is 24.8 Å². The van der Waals surface area contributed by atoms with E-state index in [-0.39, 0.29) is 0 Å². The van der Waals surface area contributed by atoms with Gasteiger partial charge in [-0.1, -0.05) is 0 Å². The van der Waals surface area contributed by atoms with Crippen molar-refractivity contribution < 1.29 is 0 Å². The lowest BCUT2D eigenvalue weighted by atomic mass is 10.1. The second kappa shape index (κ2) is 4.28. The molecule has 1 heterocycles. The van der Waals surface area contributed by atoms with Crippen LogP contribution in [0, 0.1) is 6.92 Å². The molecule has 4 heteroatoms. The SMILES string of the molecule is Cc1nc2ccc(N(C)C3CCCC3N)cc2[nH]1. The highest BCUT2D eigenvalue weighted by Gasteiger charge is 2.27. The third-order valence-electron chi connectivity index (χ3n) is 4.02. The van der Waals surface area contributed by atoms with Crippen molar-refractivity contribution in [2.45, 2.75) is 38.3 Å². The Balaban J connectivity index is 1.93. The van der Waals surface area contributed by atoms with E-state index in [0.717, 1.165) is 23.3 Å². The smallest absolute Gasteiger partial charge is 0.104 e. The molecule has 1 saturated carbocycles. The number of aromatic nitrogens is 2. The van der Waals surface area contributed by atoms with Gasteiger partial charge in [-0.3, -0.25) is 0 Å². The summed E-state index contributed by atoms with van der Waals surface area (Å²) in [7, 11) is 2.14. The van der Waals surface area contributed by atoms with Gasteiger partial charge in [-0.15, -0.1) is 0 Å². The van der Waals surface area contributed by atoms with Crippen LogP contribution in [0.3, 0.4) is 0 Å². The third kappa shape index (κ3) is 1.86. The molecule has 3 rings (SSSR count). The molecule has 0 amide bonds. The van der Waals surface area contributed by atoms with Crippen molar-refractivity contribution >= 4 is 16.7 Å². The summed E-state index contributed by atoms with van der Waals surface area (Å²) in [5.41, 5.74) is 9.52. The Kier molecular flexibility index (Phi) is 2.74. The number of anilines is 1. The standard InChI is InChI=1S/C14H20N4/c1-9-16-12-7-6-10(8-13(12)17-9)18(2)14-5-3-4-11(14)15/h6-8,11,14H,3-5,15H2,1-2H3,(H,16,17). The van der Waals surface area contributed by atoms with Gasteiger partial charge in [-0.2, -0.15) is 0 Å². The molecule has 3 N–H and O–H groups in total. The summed E-state index contributed by atoms with van der Waals surface area (Å²) < 4.78 is 0. The van der Waals surface area contributed by atoms with E-state index >= 15 is 0 Å². The topological polar surface area (TPSA) is 57.9 Å². The largest absolute Gasteiger partial charge is 0.370 e. The fraction of sp³-hybridized carbons (Fsp3) is 0.500. The fourth-order valence-electron chi connectivity index (χ4n) is 2.99. The molecular weight excluding hydrogens is 224 g/mol. The Morgan fingerprint density at radius 1 is 1.39 bits per heavy atom. The van der Waals surface area contributed by atoms with Crippen molar-refractivity contribution in [2.24, 2.45) is 5.73 Å². The van der Waals surface area contributed by atoms with Gasteiger partial charge in [0.1, 0.15) is 5.82 Å². The highest BCUT2D eigenvalue weighted by Crippen LogP contribution is 2.28. The maximum atomic E-state index is 6.17. The molecule has 1 fully saturated rings. The average molecular weight is 244 g/mol. The van der Waals surface area contributed by atoms with Gasteiger partial charge in [0.05, 0.1) is 11.0 Å². The maximum absolute atomic E-state index is 6.17. The molecular formula is C14H20N4. The van der Waals surface area contributed by atoms with Gasteiger partial charge in [0.25, 0.3) is 0 Å². The zero-order chi connectivity index (χ0) is 12.7. The van der Waals surface area contributed by atoms with Crippen LogP contribution in [0.2, 0.25) is 0 Å². The molecule has 1 aromatic heterocycles. The number of likely N-dealkylation sites (N-methyl/N-ethyl adjacent to an activating group) is 1. The van der Waals surface area contributed by atoms with Crippen LogP contribution in [0.15, 0.2) is 18.2 Å². The van der Waals surface area contributed by atoms with E-state index in [4.69, 9.17) is 5.73 Å². The van der Waals surface area contributed by atoms with Crippen LogP contribution in [-0.4, -0.2) is 29.1 Å². The first kappa shape index (κ1) is 11.5. The summed E-state index contributed by atoms with van der Waals surface area (Å²) >= 11 is 0. The van der Waals surface area contributed by atoms with Crippen molar-refractivity contribution in [1.82, 2.24) is 9.97 Å². The van der Waals surface area contributed by atoms with Crippen molar-refractivity contribution in [1.29, 1.82) is 0 Å². The lowest BCUT2D eigenvalue weighted by Crippen LogP contribution is -2.42. The van der Waals surface area contributed by atoms with E-state index in [2.05, 4.69) is 40.1 Å². The molecule has 18 heavy (non-hydrogen) atoms. The molecule has 2 aromatic rings. The van der Waals surface area contributed by atoms with Gasteiger partial charge in [-0.25, -0.2) is 4.98 Å². The number of nitrogens with two attached hydrogens (primary N) is 1. The van der Waals surface area contributed by atoms with Gasteiger partial charge >= 0.3 is 0 Å². The Hall–Kier alpha value is -1.55. The number of aromatic amines is 1. The average Bonchev–Trinajstić information content (AvgIpc) is 2.91. The predicted octanol–water partition coefficient (Wildman–Crippen LogP) is 2.19. The molecule has 96 valence electrons. The number of H-pyrrole nitrogens is 1. The zero-order valence-corrected chi connectivity index (χ0v) is 11.0. The van der Waals surface area contributed by atoms with Crippen LogP contribution in [0.25, 0.3) is 11.0 Å². The third-order valence-corrected chi connectivity index (χ3v) is 4.02. The monoisotopic (exact) mass is 244 g/mol. The Morgan fingerprint density at radius 2 is 2.22 bits per heavy atom. The van der Waals surface area contributed by atoms with E-state index in [1.165, 1.54) is 18.5 Å². The van der Waals surface area contributed by atoms with Gasteiger partial charge < -0.3 is 15.6 Å². The molecule has 2 atom stereocenters. The Labute approximate surface area is 107 Å².